The van der Waals surface area contributed by atoms with E-state index in [2.05, 4.69) is 43.4 Å². The Bertz CT molecular complexity index is 349. The van der Waals surface area contributed by atoms with Crippen molar-refractivity contribution in [3.8, 4) is 0 Å². The second kappa shape index (κ2) is 7.22. The number of aryl methyl sites for hydroxylation is 1. The molecule has 0 aliphatic heterocycles. The van der Waals surface area contributed by atoms with Gasteiger partial charge in [0.05, 0.1) is 16.3 Å². The number of nitrogens with one attached hydrogen (secondary N) is 1. The monoisotopic (exact) mass is 270 g/mol. The molecule has 0 saturated heterocycles. The summed E-state index contributed by atoms with van der Waals surface area (Å²) in [5.74, 6) is 0. The van der Waals surface area contributed by atoms with Crippen LogP contribution < -0.4 is 5.32 Å². The first kappa shape index (κ1) is 15.6. The van der Waals surface area contributed by atoms with E-state index in [1.165, 1.54) is 5.69 Å². The number of aromatic nitrogens is 1. The molecule has 0 aliphatic carbocycles. The summed E-state index contributed by atoms with van der Waals surface area (Å²) in [6, 6.07) is 0.305. The molecule has 0 spiro atoms. The zero-order valence-corrected chi connectivity index (χ0v) is 13.1. The third kappa shape index (κ3) is 4.67. The van der Waals surface area contributed by atoms with Crippen LogP contribution in [-0.4, -0.2) is 29.8 Å². The van der Waals surface area contributed by atoms with Gasteiger partial charge in [-0.05, 0) is 40.7 Å². The molecule has 1 N–H and O–H groups in total. The van der Waals surface area contributed by atoms with Crippen LogP contribution in [0.4, 0.5) is 0 Å². The van der Waals surface area contributed by atoms with Gasteiger partial charge in [0, 0.05) is 24.4 Å². The maximum Gasteiger partial charge on any atom is 0.0897 e. The Kier molecular flexibility index (Phi) is 6.26. The van der Waals surface area contributed by atoms with E-state index in [1.54, 1.807) is 11.3 Å². The number of ether oxygens (including phenoxy) is 1. The zero-order valence-electron chi connectivity index (χ0n) is 12.2. The zero-order chi connectivity index (χ0) is 13.6. The summed E-state index contributed by atoms with van der Waals surface area (Å²) in [5.41, 5.74) is 1.00. The number of nitrogens with zero attached hydrogens (tertiary/aromatic N) is 1. The Balaban J connectivity index is 2.71. The molecule has 1 unspecified atom stereocenters. The number of hydrogen-bond acceptors (Lipinski definition) is 4. The van der Waals surface area contributed by atoms with Gasteiger partial charge in [0.1, 0.15) is 0 Å². The summed E-state index contributed by atoms with van der Waals surface area (Å²) in [4.78, 5) is 4.56. The van der Waals surface area contributed by atoms with E-state index in [1.807, 2.05) is 6.92 Å². The molecule has 4 heteroatoms. The molecule has 0 aromatic carbocycles. The van der Waals surface area contributed by atoms with Crippen LogP contribution in [0.5, 0.6) is 0 Å². The Morgan fingerprint density at radius 2 is 2.17 bits per heavy atom. The second-order valence-corrected chi connectivity index (χ2v) is 6.17. The van der Waals surface area contributed by atoms with Crippen molar-refractivity contribution in [2.45, 2.75) is 59.1 Å². The smallest absolute Gasteiger partial charge is 0.0897 e. The fourth-order valence-corrected chi connectivity index (χ4v) is 2.69. The first-order valence-electron chi connectivity index (χ1n) is 6.78. The van der Waals surface area contributed by atoms with Gasteiger partial charge in [-0.2, -0.15) is 0 Å². The first-order chi connectivity index (χ1) is 8.49. The molecule has 3 nitrogen and oxygen atoms in total. The lowest BCUT2D eigenvalue weighted by Crippen LogP contribution is -2.50. The van der Waals surface area contributed by atoms with Crippen molar-refractivity contribution in [1.29, 1.82) is 0 Å². The molecule has 0 amide bonds. The molecular formula is C14H26N2OS. The average Bonchev–Trinajstić information content (AvgIpc) is 2.70. The molecule has 1 rings (SSSR count). The Labute approximate surface area is 115 Å². The molecule has 0 bridgehead atoms. The second-order valence-electron chi connectivity index (χ2n) is 5.11. The van der Waals surface area contributed by atoms with Gasteiger partial charge in [-0.1, -0.05) is 6.92 Å². The summed E-state index contributed by atoms with van der Waals surface area (Å²) in [7, 11) is 0. The molecule has 18 heavy (non-hydrogen) atoms. The van der Waals surface area contributed by atoms with Crippen LogP contribution in [0.2, 0.25) is 0 Å². The van der Waals surface area contributed by atoms with Crippen LogP contribution in [0.3, 0.4) is 0 Å². The van der Waals surface area contributed by atoms with Crippen molar-refractivity contribution in [2.75, 3.05) is 13.2 Å². The Morgan fingerprint density at radius 1 is 1.44 bits per heavy atom. The minimum Gasteiger partial charge on any atom is -0.374 e. The molecule has 0 radical (unpaired) electrons. The van der Waals surface area contributed by atoms with Gasteiger partial charge >= 0.3 is 0 Å². The third-order valence-corrected chi connectivity index (χ3v) is 3.90. The van der Waals surface area contributed by atoms with Crippen molar-refractivity contribution in [3.05, 3.63) is 16.1 Å². The lowest BCUT2D eigenvalue weighted by atomic mass is 9.94. The quantitative estimate of drug-likeness (QED) is 0.788. The van der Waals surface area contributed by atoms with Gasteiger partial charge in [0.25, 0.3) is 0 Å². The standard InChI is InChI=1S/C14H26N2OS/c1-6-8-15-13(14(4,5)17-7-2)9-12-10-18-11(3)16-12/h10,13,15H,6-9H2,1-5H3. The van der Waals surface area contributed by atoms with E-state index in [4.69, 9.17) is 4.74 Å². The number of hydrogen-bond donors (Lipinski definition) is 1. The van der Waals surface area contributed by atoms with Gasteiger partial charge in [0.15, 0.2) is 0 Å². The van der Waals surface area contributed by atoms with Crippen LogP contribution >= 0.6 is 11.3 Å². The van der Waals surface area contributed by atoms with Crippen LogP contribution in [0.15, 0.2) is 5.38 Å². The summed E-state index contributed by atoms with van der Waals surface area (Å²) in [6.07, 6.45) is 2.06. The fraction of sp³-hybridized carbons (Fsp3) is 0.786. The van der Waals surface area contributed by atoms with E-state index >= 15 is 0 Å². The Hall–Kier alpha value is -0.450. The summed E-state index contributed by atoms with van der Waals surface area (Å²) in [6.45, 7) is 12.4. The predicted octanol–water partition coefficient (Wildman–Crippen LogP) is 3.18. The predicted molar refractivity (Wildman–Crippen MR) is 78.3 cm³/mol. The topological polar surface area (TPSA) is 34.2 Å². The SMILES string of the molecule is CCCNC(Cc1csc(C)n1)C(C)(C)OCC. The highest BCUT2D eigenvalue weighted by Crippen LogP contribution is 2.20. The van der Waals surface area contributed by atoms with Crippen molar-refractivity contribution < 1.29 is 4.74 Å². The highest BCUT2D eigenvalue weighted by Gasteiger charge is 2.30. The molecule has 1 heterocycles. The summed E-state index contributed by atoms with van der Waals surface area (Å²) < 4.78 is 5.88. The van der Waals surface area contributed by atoms with Crippen molar-refractivity contribution in [3.63, 3.8) is 0 Å². The fourth-order valence-electron chi connectivity index (χ4n) is 2.07. The highest BCUT2D eigenvalue weighted by molar-refractivity contribution is 7.09. The van der Waals surface area contributed by atoms with Crippen LogP contribution in [-0.2, 0) is 11.2 Å². The maximum atomic E-state index is 5.88. The van der Waals surface area contributed by atoms with Gasteiger partial charge in [-0.3, -0.25) is 0 Å². The minimum atomic E-state index is -0.165. The molecule has 1 aromatic heterocycles. The van der Waals surface area contributed by atoms with Crippen molar-refractivity contribution in [1.82, 2.24) is 10.3 Å². The van der Waals surface area contributed by atoms with Gasteiger partial charge in [0.2, 0.25) is 0 Å². The van der Waals surface area contributed by atoms with Gasteiger partial charge in [-0.15, -0.1) is 11.3 Å². The Morgan fingerprint density at radius 3 is 2.67 bits per heavy atom. The number of rotatable bonds is 8. The summed E-state index contributed by atoms with van der Waals surface area (Å²) in [5, 5.41) is 6.88. The van der Waals surface area contributed by atoms with E-state index in [-0.39, 0.29) is 5.60 Å². The molecule has 104 valence electrons. The van der Waals surface area contributed by atoms with Crippen molar-refractivity contribution >= 4 is 11.3 Å². The van der Waals surface area contributed by atoms with E-state index in [0.717, 1.165) is 31.0 Å². The third-order valence-electron chi connectivity index (χ3n) is 3.08. The van der Waals surface area contributed by atoms with E-state index in [0.29, 0.717) is 6.04 Å². The first-order valence-corrected chi connectivity index (χ1v) is 7.66. The lowest BCUT2D eigenvalue weighted by molar-refractivity contribution is -0.0381. The summed E-state index contributed by atoms with van der Waals surface area (Å²) >= 11 is 1.71. The molecular weight excluding hydrogens is 244 g/mol. The molecule has 0 aliphatic rings. The highest BCUT2D eigenvalue weighted by atomic mass is 32.1. The maximum absolute atomic E-state index is 5.88. The lowest BCUT2D eigenvalue weighted by Gasteiger charge is -2.34. The normalized spacial score (nSPS) is 13.8. The van der Waals surface area contributed by atoms with E-state index < -0.39 is 0 Å². The van der Waals surface area contributed by atoms with Crippen LogP contribution in [0.1, 0.15) is 44.8 Å². The van der Waals surface area contributed by atoms with Crippen LogP contribution in [0.25, 0.3) is 0 Å². The minimum absolute atomic E-state index is 0.165. The average molecular weight is 270 g/mol. The van der Waals surface area contributed by atoms with E-state index in [9.17, 15) is 0 Å². The molecule has 0 saturated carbocycles. The van der Waals surface area contributed by atoms with Gasteiger partial charge < -0.3 is 10.1 Å². The van der Waals surface area contributed by atoms with Gasteiger partial charge in [-0.25, -0.2) is 4.98 Å². The van der Waals surface area contributed by atoms with Crippen LogP contribution in [0, 0.1) is 6.92 Å². The molecule has 1 aromatic rings. The largest absolute Gasteiger partial charge is 0.374 e. The number of thiazole rings is 1. The van der Waals surface area contributed by atoms with Crippen molar-refractivity contribution in [2.24, 2.45) is 0 Å². The molecule has 1 atom stereocenters. The molecule has 0 fully saturated rings.